The van der Waals surface area contributed by atoms with Crippen LogP contribution in [-0.2, 0) is 11.2 Å². The van der Waals surface area contributed by atoms with Crippen LogP contribution >= 0.6 is 0 Å². The molecule has 0 aromatic carbocycles. The molecule has 0 unspecified atom stereocenters. The number of nitrogens with zero attached hydrogens (tertiary/aromatic N) is 2. The molecule has 2 heterocycles. The van der Waals surface area contributed by atoms with E-state index >= 15 is 0 Å². The number of amides is 3. The van der Waals surface area contributed by atoms with Gasteiger partial charge in [-0.1, -0.05) is 0 Å². The third-order valence-electron chi connectivity index (χ3n) is 3.18. The lowest BCUT2D eigenvalue weighted by Crippen LogP contribution is -2.27. The normalized spacial score (nSPS) is 17.8. The first-order chi connectivity index (χ1) is 8.54. The number of allylic oxidation sites excluding steroid dienone is 1. The van der Waals surface area contributed by atoms with Gasteiger partial charge in [-0.15, -0.1) is 0 Å². The summed E-state index contributed by atoms with van der Waals surface area (Å²) in [6, 6.07) is 1.60. The zero-order valence-corrected chi connectivity index (χ0v) is 9.86. The number of aromatic nitrogens is 1. The molecule has 0 radical (unpaired) electrons. The molecule has 1 aromatic rings. The maximum absolute atomic E-state index is 11.6. The van der Waals surface area contributed by atoms with Gasteiger partial charge in [0, 0.05) is 12.1 Å². The van der Waals surface area contributed by atoms with Crippen LogP contribution in [0.5, 0.6) is 0 Å². The van der Waals surface area contributed by atoms with E-state index in [0.717, 1.165) is 22.5 Å². The van der Waals surface area contributed by atoms with E-state index in [1.165, 1.54) is 4.90 Å². The number of urea groups is 1. The summed E-state index contributed by atoms with van der Waals surface area (Å²) in [5.74, 6) is 0.216. The quantitative estimate of drug-likeness (QED) is 0.701. The second kappa shape index (κ2) is 3.56. The molecule has 1 fully saturated rings. The Morgan fingerprint density at radius 2 is 2.22 bits per heavy atom. The fourth-order valence-electron chi connectivity index (χ4n) is 2.22. The van der Waals surface area contributed by atoms with Gasteiger partial charge in [-0.3, -0.25) is 15.0 Å². The molecule has 1 aliphatic heterocycles. The molecule has 3 rings (SSSR count). The fourth-order valence-corrected chi connectivity index (χ4v) is 2.22. The third-order valence-corrected chi connectivity index (χ3v) is 3.18. The van der Waals surface area contributed by atoms with E-state index in [2.05, 4.69) is 10.3 Å². The predicted octanol–water partition coefficient (Wildman–Crippen LogP) is 0.421. The summed E-state index contributed by atoms with van der Waals surface area (Å²) in [5.41, 5.74) is 9.27. The smallest absolute Gasteiger partial charge is 0.328 e. The van der Waals surface area contributed by atoms with E-state index in [-0.39, 0.29) is 18.5 Å². The van der Waals surface area contributed by atoms with E-state index in [1.54, 1.807) is 0 Å². The van der Waals surface area contributed by atoms with Gasteiger partial charge in [0.1, 0.15) is 12.4 Å². The SMILES string of the molecule is Cc1cc2c(nc1N)C=C(N1CC(=O)NC1=O)C2. The van der Waals surface area contributed by atoms with Gasteiger partial charge in [0.25, 0.3) is 0 Å². The van der Waals surface area contributed by atoms with Crippen LogP contribution < -0.4 is 11.1 Å². The van der Waals surface area contributed by atoms with Crippen molar-refractivity contribution in [3.8, 4) is 0 Å². The number of nitrogens with two attached hydrogens (primary N) is 1. The maximum Gasteiger partial charge on any atom is 0.328 e. The molecule has 0 bridgehead atoms. The van der Waals surface area contributed by atoms with Crippen LogP contribution in [0.1, 0.15) is 16.8 Å². The second-order valence-corrected chi connectivity index (χ2v) is 4.49. The third kappa shape index (κ3) is 1.54. The number of nitrogen functional groups attached to an aromatic ring is 1. The van der Waals surface area contributed by atoms with Crippen molar-refractivity contribution in [1.82, 2.24) is 15.2 Å². The minimum atomic E-state index is -0.372. The Bertz CT molecular complexity index is 606. The number of nitrogens with one attached hydrogen (secondary N) is 1. The summed E-state index contributed by atoms with van der Waals surface area (Å²) in [5, 5.41) is 2.26. The van der Waals surface area contributed by atoms with E-state index in [1.807, 2.05) is 19.1 Å². The zero-order chi connectivity index (χ0) is 12.9. The van der Waals surface area contributed by atoms with Gasteiger partial charge in [0.2, 0.25) is 5.91 Å². The molecule has 18 heavy (non-hydrogen) atoms. The van der Waals surface area contributed by atoms with Gasteiger partial charge < -0.3 is 5.73 Å². The molecular formula is C12H12N4O2. The van der Waals surface area contributed by atoms with Crippen LogP contribution in [0.3, 0.4) is 0 Å². The highest BCUT2D eigenvalue weighted by atomic mass is 16.2. The van der Waals surface area contributed by atoms with E-state index in [4.69, 9.17) is 5.73 Å². The standard InChI is InChI=1S/C12H12N4O2/c1-6-2-7-3-8(4-9(7)14-11(6)13)16-5-10(17)15-12(16)18/h2,4H,3,5H2,1H3,(H2,13,14)(H,15,17,18). The zero-order valence-electron chi connectivity index (χ0n) is 9.86. The van der Waals surface area contributed by atoms with Crippen molar-refractivity contribution in [2.45, 2.75) is 13.3 Å². The van der Waals surface area contributed by atoms with Gasteiger partial charge in [-0.05, 0) is 30.2 Å². The van der Waals surface area contributed by atoms with Gasteiger partial charge in [0.05, 0.1) is 5.69 Å². The van der Waals surface area contributed by atoms with Crippen LogP contribution in [0.4, 0.5) is 10.6 Å². The monoisotopic (exact) mass is 244 g/mol. The molecule has 2 aliphatic rings. The fraction of sp³-hybridized carbons (Fsp3) is 0.250. The lowest BCUT2D eigenvalue weighted by atomic mass is 10.1. The minimum Gasteiger partial charge on any atom is -0.383 e. The van der Waals surface area contributed by atoms with Crippen molar-refractivity contribution in [3.05, 3.63) is 28.6 Å². The van der Waals surface area contributed by atoms with E-state index in [9.17, 15) is 9.59 Å². The number of hydrogen-bond donors (Lipinski definition) is 2. The number of anilines is 1. The number of carbonyl (C=O) groups excluding carboxylic acids is 2. The molecule has 1 aliphatic carbocycles. The van der Waals surface area contributed by atoms with Gasteiger partial charge in [0.15, 0.2) is 0 Å². The highest BCUT2D eigenvalue weighted by Gasteiger charge is 2.31. The van der Waals surface area contributed by atoms with Crippen LogP contribution in [0.15, 0.2) is 11.8 Å². The van der Waals surface area contributed by atoms with Gasteiger partial charge >= 0.3 is 6.03 Å². The summed E-state index contributed by atoms with van der Waals surface area (Å²) in [6.07, 6.45) is 2.41. The molecule has 6 nitrogen and oxygen atoms in total. The molecule has 1 aromatic heterocycles. The van der Waals surface area contributed by atoms with Crippen molar-refractivity contribution in [2.75, 3.05) is 12.3 Å². The van der Waals surface area contributed by atoms with E-state index in [0.29, 0.717) is 12.2 Å². The Hall–Kier alpha value is -2.37. The topological polar surface area (TPSA) is 88.3 Å². The Kier molecular flexibility index (Phi) is 2.13. The molecule has 0 saturated carbocycles. The summed E-state index contributed by atoms with van der Waals surface area (Å²) in [4.78, 5) is 28.4. The van der Waals surface area contributed by atoms with Gasteiger partial charge in [-0.2, -0.15) is 0 Å². The highest BCUT2D eigenvalue weighted by Crippen LogP contribution is 2.28. The highest BCUT2D eigenvalue weighted by molar-refractivity contribution is 6.03. The Labute approximate surface area is 103 Å². The number of rotatable bonds is 1. The molecule has 3 N–H and O–H groups in total. The van der Waals surface area contributed by atoms with Gasteiger partial charge in [-0.25, -0.2) is 9.78 Å². The number of imide groups is 1. The Morgan fingerprint density at radius 1 is 1.44 bits per heavy atom. The first-order valence-corrected chi connectivity index (χ1v) is 5.62. The number of carbonyl (C=O) groups is 2. The first kappa shape index (κ1) is 10.8. The summed E-state index contributed by atoms with van der Waals surface area (Å²) >= 11 is 0. The second-order valence-electron chi connectivity index (χ2n) is 4.49. The molecule has 92 valence electrons. The number of aryl methyl sites for hydroxylation is 1. The minimum absolute atomic E-state index is 0.0765. The number of pyridine rings is 1. The molecular weight excluding hydrogens is 232 g/mol. The average Bonchev–Trinajstić information content (AvgIpc) is 2.82. The van der Waals surface area contributed by atoms with E-state index < -0.39 is 0 Å². The predicted molar refractivity (Wildman–Crippen MR) is 65.3 cm³/mol. The number of fused-ring (bicyclic) bond motifs is 1. The lowest BCUT2D eigenvalue weighted by molar-refractivity contribution is -0.118. The molecule has 0 spiro atoms. The number of hydrogen-bond acceptors (Lipinski definition) is 4. The van der Waals surface area contributed by atoms with Crippen molar-refractivity contribution in [1.29, 1.82) is 0 Å². The van der Waals surface area contributed by atoms with Crippen LogP contribution in [0.2, 0.25) is 0 Å². The van der Waals surface area contributed by atoms with Crippen molar-refractivity contribution in [3.63, 3.8) is 0 Å². The Balaban J connectivity index is 1.93. The summed E-state index contributed by atoms with van der Waals surface area (Å²) < 4.78 is 0. The largest absolute Gasteiger partial charge is 0.383 e. The average molecular weight is 244 g/mol. The van der Waals surface area contributed by atoms with Crippen molar-refractivity contribution in [2.24, 2.45) is 0 Å². The lowest BCUT2D eigenvalue weighted by Gasteiger charge is -2.13. The molecule has 6 heteroatoms. The first-order valence-electron chi connectivity index (χ1n) is 5.62. The Morgan fingerprint density at radius 3 is 2.89 bits per heavy atom. The molecule has 0 atom stereocenters. The summed E-state index contributed by atoms with van der Waals surface area (Å²) in [7, 11) is 0. The van der Waals surface area contributed by atoms with Crippen LogP contribution in [0, 0.1) is 6.92 Å². The maximum atomic E-state index is 11.6. The summed E-state index contributed by atoms with van der Waals surface area (Å²) in [6.45, 7) is 1.97. The van der Waals surface area contributed by atoms with Crippen LogP contribution in [0.25, 0.3) is 6.08 Å². The van der Waals surface area contributed by atoms with Crippen molar-refractivity contribution >= 4 is 23.8 Å². The van der Waals surface area contributed by atoms with Crippen molar-refractivity contribution < 1.29 is 9.59 Å². The molecule has 1 saturated heterocycles. The molecule has 3 amide bonds. The van der Waals surface area contributed by atoms with Crippen LogP contribution in [-0.4, -0.2) is 28.4 Å².